The van der Waals surface area contributed by atoms with Crippen molar-refractivity contribution in [2.24, 2.45) is 0 Å². The number of aliphatic hydroxyl groups is 1. The first-order valence-electron chi connectivity index (χ1n) is 7.40. The average Bonchev–Trinajstić information content (AvgIpc) is 3.04. The molecule has 6 heteroatoms. The number of carbonyl (C=O) groups excluding carboxylic acids is 1. The maximum atomic E-state index is 12.1. The van der Waals surface area contributed by atoms with Crippen LogP contribution in [0.4, 0.5) is 0 Å². The highest BCUT2D eigenvalue weighted by molar-refractivity contribution is 5.91. The first-order valence-corrected chi connectivity index (χ1v) is 7.40. The molecule has 0 saturated carbocycles. The average molecular weight is 315 g/mol. The Hall–Kier alpha value is -2.52. The van der Waals surface area contributed by atoms with Gasteiger partial charge in [0.25, 0.3) is 5.91 Å². The maximum Gasteiger partial charge on any atom is 0.287 e. The van der Waals surface area contributed by atoms with Gasteiger partial charge in [-0.15, -0.1) is 0 Å². The molecule has 0 aliphatic carbocycles. The van der Waals surface area contributed by atoms with Gasteiger partial charge < -0.3 is 14.8 Å². The fourth-order valence-corrected chi connectivity index (χ4v) is 1.98. The molecule has 0 saturated heterocycles. The Morgan fingerprint density at radius 3 is 2.87 bits per heavy atom. The first-order chi connectivity index (χ1) is 10.7. The number of nitrogens with zero attached hydrogens (tertiary/aromatic N) is 1. The highest BCUT2D eigenvalue weighted by Gasteiger charge is 2.15. The molecule has 1 amide bonds. The van der Waals surface area contributed by atoms with Crippen LogP contribution in [0, 0.1) is 18.8 Å². The van der Waals surface area contributed by atoms with E-state index < -0.39 is 5.60 Å². The molecule has 2 aromatic rings. The van der Waals surface area contributed by atoms with E-state index in [0.717, 1.165) is 11.4 Å². The molecule has 1 atom stereocenters. The molecule has 2 rings (SSSR count). The van der Waals surface area contributed by atoms with E-state index in [1.165, 1.54) is 0 Å². The number of H-pyrrole nitrogens is 1. The van der Waals surface area contributed by atoms with Crippen molar-refractivity contribution in [3.8, 4) is 11.8 Å². The minimum Gasteiger partial charge on any atom is -0.443 e. The smallest absolute Gasteiger partial charge is 0.287 e. The van der Waals surface area contributed by atoms with Gasteiger partial charge in [0.2, 0.25) is 0 Å². The molecule has 23 heavy (non-hydrogen) atoms. The largest absolute Gasteiger partial charge is 0.443 e. The van der Waals surface area contributed by atoms with Crippen molar-refractivity contribution >= 4 is 5.91 Å². The molecular weight excluding hydrogens is 294 g/mol. The molecular formula is C17H21N3O3. The molecule has 0 spiro atoms. The summed E-state index contributed by atoms with van der Waals surface area (Å²) in [4.78, 5) is 12.1. The second-order valence-electron chi connectivity index (χ2n) is 6.09. The Balaban J connectivity index is 1.95. The molecule has 1 unspecified atom stereocenters. The summed E-state index contributed by atoms with van der Waals surface area (Å²) in [7, 11) is 0. The number of aryl methyl sites for hydroxylation is 1. The third-order valence-corrected chi connectivity index (χ3v) is 2.97. The zero-order valence-electron chi connectivity index (χ0n) is 13.7. The highest BCUT2D eigenvalue weighted by atomic mass is 16.3. The van der Waals surface area contributed by atoms with Crippen LogP contribution in [-0.2, 0) is 6.42 Å². The van der Waals surface area contributed by atoms with E-state index in [4.69, 9.17) is 4.42 Å². The topological polar surface area (TPSA) is 91.2 Å². The summed E-state index contributed by atoms with van der Waals surface area (Å²) in [6.07, 6.45) is 0.627. The number of aromatic amines is 1. The normalized spacial score (nSPS) is 12.4. The molecule has 2 heterocycles. The number of aromatic nitrogens is 2. The lowest BCUT2D eigenvalue weighted by Gasteiger charge is -2.11. The summed E-state index contributed by atoms with van der Waals surface area (Å²) in [5.41, 5.74) is 0.775. The molecule has 0 aliphatic rings. The molecule has 122 valence electrons. The molecule has 3 N–H and O–H groups in total. The molecule has 2 aromatic heterocycles. The van der Waals surface area contributed by atoms with Crippen LogP contribution in [0.2, 0.25) is 0 Å². The van der Waals surface area contributed by atoms with Crippen molar-refractivity contribution in [2.75, 3.05) is 0 Å². The lowest BCUT2D eigenvalue weighted by Crippen LogP contribution is -2.33. The van der Waals surface area contributed by atoms with E-state index in [0.29, 0.717) is 12.2 Å². The molecule has 0 radical (unpaired) electrons. The van der Waals surface area contributed by atoms with Gasteiger partial charge in [0.05, 0.1) is 5.69 Å². The summed E-state index contributed by atoms with van der Waals surface area (Å²) in [6, 6.07) is 5.03. The standard InChI is InChI=1S/C17H21N3O3/c1-11(9-13-10-12(2)19-20-13)18-16(21)15-6-5-14(23-15)7-8-17(3,4)22/h5-6,10-11,22H,9H2,1-4H3,(H,18,21)(H,19,20). The van der Waals surface area contributed by atoms with Gasteiger partial charge in [0.15, 0.2) is 11.5 Å². The molecule has 0 aromatic carbocycles. The monoisotopic (exact) mass is 315 g/mol. The van der Waals surface area contributed by atoms with Crippen molar-refractivity contribution in [1.82, 2.24) is 15.5 Å². The van der Waals surface area contributed by atoms with E-state index in [2.05, 4.69) is 27.4 Å². The number of nitrogens with one attached hydrogen (secondary N) is 2. The van der Waals surface area contributed by atoms with Crippen molar-refractivity contribution < 1.29 is 14.3 Å². The second-order valence-corrected chi connectivity index (χ2v) is 6.09. The second kappa shape index (κ2) is 6.71. The summed E-state index contributed by atoms with van der Waals surface area (Å²) in [5, 5.41) is 19.4. The SMILES string of the molecule is Cc1cc(CC(C)NC(=O)c2ccc(C#CC(C)(C)O)o2)n[nH]1. The Kier molecular flexibility index (Phi) is 4.92. The first kappa shape index (κ1) is 16.8. The Labute approximate surface area is 135 Å². The lowest BCUT2D eigenvalue weighted by atomic mass is 10.1. The lowest BCUT2D eigenvalue weighted by molar-refractivity contribution is 0.0911. The maximum absolute atomic E-state index is 12.1. The fraction of sp³-hybridized carbons (Fsp3) is 0.412. The molecule has 0 bridgehead atoms. The number of hydrogen-bond donors (Lipinski definition) is 3. The number of rotatable bonds is 4. The van der Waals surface area contributed by atoms with Crippen LogP contribution in [-0.4, -0.2) is 32.9 Å². The van der Waals surface area contributed by atoms with Crippen LogP contribution >= 0.6 is 0 Å². The predicted octanol–water partition coefficient (Wildman–Crippen LogP) is 1.79. The van der Waals surface area contributed by atoms with E-state index >= 15 is 0 Å². The third kappa shape index (κ3) is 5.31. The van der Waals surface area contributed by atoms with Crippen LogP contribution in [0.15, 0.2) is 22.6 Å². The fourth-order valence-electron chi connectivity index (χ4n) is 1.98. The van der Waals surface area contributed by atoms with Crippen LogP contribution in [0.5, 0.6) is 0 Å². The van der Waals surface area contributed by atoms with Gasteiger partial charge in [0, 0.05) is 18.2 Å². The van der Waals surface area contributed by atoms with E-state index in [-0.39, 0.29) is 17.7 Å². The van der Waals surface area contributed by atoms with E-state index in [1.54, 1.807) is 26.0 Å². The zero-order valence-corrected chi connectivity index (χ0v) is 13.7. The zero-order chi connectivity index (χ0) is 17.0. The number of amides is 1. The van der Waals surface area contributed by atoms with E-state index in [9.17, 15) is 9.90 Å². The van der Waals surface area contributed by atoms with Crippen molar-refractivity contribution in [1.29, 1.82) is 0 Å². The van der Waals surface area contributed by atoms with Gasteiger partial charge in [0.1, 0.15) is 5.60 Å². The summed E-state index contributed by atoms with van der Waals surface area (Å²) >= 11 is 0. The van der Waals surface area contributed by atoms with E-state index in [1.807, 2.05) is 19.9 Å². The van der Waals surface area contributed by atoms with Gasteiger partial charge in [-0.1, -0.05) is 5.92 Å². The van der Waals surface area contributed by atoms with Gasteiger partial charge in [-0.2, -0.15) is 5.10 Å². The quantitative estimate of drug-likeness (QED) is 0.750. The van der Waals surface area contributed by atoms with Gasteiger partial charge in [-0.25, -0.2) is 0 Å². The van der Waals surface area contributed by atoms with Gasteiger partial charge >= 0.3 is 0 Å². The minimum absolute atomic E-state index is 0.0822. The predicted molar refractivity (Wildman–Crippen MR) is 85.8 cm³/mol. The van der Waals surface area contributed by atoms with Gasteiger partial charge in [-0.05, 0) is 51.8 Å². The van der Waals surface area contributed by atoms with Crippen LogP contribution in [0.25, 0.3) is 0 Å². The Bertz CT molecular complexity index is 741. The molecule has 6 nitrogen and oxygen atoms in total. The number of furan rings is 1. The van der Waals surface area contributed by atoms with Gasteiger partial charge in [-0.3, -0.25) is 9.89 Å². The highest BCUT2D eigenvalue weighted by Crippen LogP contribution is 2.09. The minimum atomic E-state index is -1.11. The number of hydrogen-bond acceptors (Lipinski definition) is 4. The Morgan fingerprint density at radius 2 is 2.26 bits per heavy atom. The third-order valence-electron chi connectivity index (χ3n) is 2.97. The van der Waals surface area contributed by atoms with Crippen molar-refractivity contribution in [3.63, 3.8) is 0 Å². The number of carbonyl (C=O) groups is 1. The molecule has 0 aliphatic heterocycles. The van der Waals surface area contributed by atoms with Crippen LogP contribution in [0.3, 0.4) is 0 Å². The van der Waals surface area contributed by atoms with Crippen LogP contribution in [0.1, 0.15) is 48.5 Å². The summed E-state index contributed by atoms with van der Waals surface area (Å²) in [5.74, 6) is 5.56. The van der Waals surface area contributed by atoms with Crippen molar-refractivity contribution in [3.05, 3.63) is 41.1 Å². The van der Waals surface area contributed by atoms with Crippen LogP contribution < -0.4 is 5.32 Å². The summed E-state index contributed by atoms with van der Waals surface area (Å²) < 4.78 is 5.38. The Morgan fingerprint density at radius 1 is 1.52 bits per heavy atom. The van der Waals surface area contributed by atoms with Crippen molar-refractivity contribution in [2.45, 2.75) is 45.8 Å². The molecule has 0 fully saturated rings. The summed E-state index contributed by atoms with van der Waals surface area (Å²) in [6.45, 7) is 6.99.